The van der Waals surface area contributed by atoms with Crippen LogP contribution in [-0.4, -0.2) is 42.6 Å². The Balaban J connectivity index is 2.31. The largest absolute Gasteiger partial charge is 0.507 e. The van der Waals surface area contributed by atoms with Crippen molar-refractivity contribution in [2.24, 2.45) is 0 Å². The van der Waals surface area contributed by atoms with Gasteiger partial charge in [-0.15, -0.1) is 0 Å². The van der Waals surface area contributed by atoms with Gasteiger partial charge in [0.25, 0.3) is 0 Å². The van der Waals surface area contributed by atoms with Crippen molar-refractivity contribution in [3.8, 4) is 17.2 Å². The Morgan fingerprint density at radius 1 is 1.47 bits per heavy atom. The third-order valence-electron chi connectivity index (χ3n) is 2.26. The minimum atomic E-state index is -0.575. The Morgan fingerprint density at radius 3 is 2.82 bits per heavy atom. The van der Waals surface area contributed by atoms with Gasteiger partial charge in [0, 0.05) is 26.2 Å². The molecule has 1 N–H and O–H groups in total. The van der Waals surface area contributed by atoms with Gasteiger partial charge in [-0.2, -0.15) is 0 Å². The molecule has 0 saturated carbocycles. The van der Waals surface area contributed by atoms with Crippen molar-refractivity contribution in [2.75, 3.05) is 20.7 Å². The molecule has 0 fully saturated rings. The highest BCUT2D eigenvalue weighted by Crippen LogP contribution is 2.37. The van der Waals surface area contributed by atoms with E-state index in [9.17, 15) is 14.7 Å². The lowest BCUT2D eigenvalue weighted by molar-refractivity contribution is 0.0959. The second kappa shape index (κ2) is 3.97. The smallest absolute Gasteiger partial charge is 0.414 e. The maximum atomic E-state index is 11.3. The van der Waals surface area contributed by atoms with Gasteiger partial charge in [0.15, 0.2) is 6.61 Å². The Bertz CT molecular complexity index is 495. The van der Waals surface area contributed by atoms with Crippen molar-refractivity contribution in [3.05, 3.63) is 17.7 Å². The zero-order valence-corrected chi connectivity index (χ0v) is 9.39. The van der Waals surface area contributed by atoms with Crippen LogP contribution in [0.1, 0.15) is 10.4 Å². The summed E-state index contributed by atoms with van der Waals surface area (Å²) in [5.41, 5.74) is 0.134. The predicted molar refractivity (Wildman–Crippen MR) is 57.6 cm³/mol. The molecule has 0 aliphatic carbocycles. The number of rotatable bonds is 1. The molecular formula is C11H11NO5. The van der Waals surface area contributed by atoms with Crippen LogP contribution in [0.4, 0.5) is 4.79 Å². The molecule has 1 aromatic rings. The van der Waals surface area contributed by atoms with Gasteiger partial charge in [0.1, 0.15) is 22.8 Å². The third kappa shape index (κ3) is 2.01. The number of hydrogen-bond acceptors (Lipinski definition) is 5. The summed E-state index contributed by atoms with van der Waals surface area (Å²) in [5.74, 6) is -0.166. The van der Waals surface area contributed by atoms with Crippen LogP contribution in [0.15, 0.2) is 12.1 Å². The quantitative estimate of drug-likeness (QED) is 0.789. The van der Waals surface area contributed by atoms with Crippen LogP contribution in [0, 0.1) is 0 Å². The number of fused-ring (bicyclic) bond motifs is 1. The Kier molecular flexibility index (Phi) is 2.63. The summed E-state index contributed by atoms with van der Waals surface area (Å²) >= 11 is 0. The number of aromatic hydroxyl groups is 1. The fraction of sp³-hybridized carbons (Fsp3) is 0.273. The summed E-state index contributed by atoms with van der Waals surface area (Å²) in [6.45, 7) is -0.103. The third-order valence-corrected chi connectivity index (χ3v) is 2.26. The highest BCUT2D eigenvalue weighted by molar-refractivity contribution is 6.04. The van der Waals surface area contributed by atoms with Crippen LogP contribution < -0.4 is 9.47 Å². The summed E-state index contributed by atoms with van der Waals surface area (Å²) in [6.07, 6.45) is -0.575. The molecule has 17 heavy (non-hydrogen) atoms. The molecule has 90 valence electrons. The van der Waals surface area contributed by atoms with Gasteiger partial charge in [-0.25, -0.2) is 4.79 Å². The van der Waals surface area contributed by atoms with Crippen LogP contribution in [0.25, 0.3) is 0 Å². The van der Waals surface area contributed by atoms with E-state index in [-0.39, 0.29) is 35.2 Å². The maximum absolute atomic E-state index is 11.3. The molecular weight excluding hydrogens is 226 g/mol. The molecule has 0 unspecified atom stereocenters. The fourth-order valence-corrected chi connectivity index (χ4v) is 1.44. The number of Topliss-reactive ketones (excluding diaryl/α,β-unsaturated/α-hetero) is 1. The summed E-state index contributed by atoms with van der Waals surface area (Å²) < 4.78 is 10.0. The van der Waals surface area contributed by atoms with Crippen molar-refractivity contribution < 1.29 is 24.2 Å². The average molecular weight is 237 g/mol. The lowest BCUT2D eigenvalue weighted by atomic mass is 10.1. The van der Waals surface area contributed by atoms with Gasteiger partial charge in [-0.05, 0) is 0 Å². The average Bonchev–Trinajstić information content (AvgIpc) is 2.60. The molecule has 6 nitrogen and oxygen atoms in total. The molecule has 0 spiro atoms. The summed E-state index contributed by atoms with van der Waals surface area (Å²) in [4.78, 5) is 23.9. The number of hydrogen-bond donors (Lipinski definition) is 1. The lowest BCUT2D eigenvalue weighted by Crippen LogP contribution is -2.25. The predicted octanol–water partition coefficient (Wildman–Crippen LogP) is 1.03. The van der Waals surface area contributed by atoms with Crippen molar-refractivity contribution in [2.45, 2.75) is 0 Å². The number of carbonyl (C=O) groups is 2. The van der Waals surface area contributed by atoms with E-state index >= 15 is 0 Å². The molecule has 0 aromatic heterocycles. The van der Waals surface area contributed by atoms with Crippen molar-refractivity contribution >= 4 is 11.9 Å². The SMILES string of the molecule is CN(C)C(=O)Oc1cc(O)c2c(c1)OCC2=O. The van der Waals surface area contributed by atoms with Gasteiger partial charge in [-0.3, -0.25) is 4.79 Å². The van der Waals surface area contributed by atoms with Crippen LogP contribution in [0.2, 0.25) is 0 Å². The standard InChI is InChI=1S/C11H11NO5/c1-12(2)11(15)17-6-3-7(13)10-8(14)5-16-9(10)4-6/h3-4,13H,5H2,1-2H3. The van der Waals surface area contributed by atoms with Crippen LogP contribution >= 0.6 is 0 Å². The molecule has 0 atom stereocenters. The minimum absolute atomic E-state index is 0.103. The van der Waals surface area contributed by atoms with E-state index in [1.54, 1.807) is 0 Å². The van der Waals surface area contributed by atoms with E-state index in [0.29, 0.717) is 0 Å². The number of benzene rings is 1. The van der Waals surface area contributed by atoms with Crippen LogP contribution in [-0.2, 0) is 0 Å². The molecule has 0 radical (unpaired) electrons. The Morgan fingerprint density at radius 2 is 2.18 bits per heavy atom. The first-order chi connectivity index (χ1) is 7.99. The summed E-state index contributed by atoms with van der Waals surface area (Å²) in [7, 11) is 3.07. The normalized spacial score (nSPS) is 12.9. The number of nitrogens with zero attached hydrogens (tertiary/aromatic N) is 1. The molecule has 6 heteroatoms. The maximum Gasteiger partial charge on any atom is 0.414 e. The van der Waals surface area contributed by atoms with E-state index in [1.807, 2.05) is 0 Å². The van der Waals surface area contributed by atoms with Crippen molar-refractivity contribution in [1.82, 2.24) is 4.90 Å². The van der Waals surface area contributed by atoms with E-state index in [2.05, 4.69) is 0 Å². The molecule has 1 aliphatic rings. The molecule has 1 aliphatic heterocycles. The van der Waals surface area contributed by atoms with Gasteiger partial charge >= 0.3 is 6.09 Å². The Hall–Kier alpha value is -2.24. The number of ether oxygens (including phenoxy) is 2. The van der Waals surface area contributed by atoms with E-state index in [0.717, 1.165) is 0 Å². The highest BCUT2D eigenvalue weighted by atomic mass is 16.6. The fourth-order valence-electron chi connectivity index (χ4n) is 1.44. The first-order valence-electron chi connectivity index (χ1n) is 4.91. The van der Waals surface area contributed by atoms with Crippen molar-refractivity contribution in [3.63, 3.8) is 0 Å². The monoisotopic (exact) mass is 237 g/mol. The second-order valence-corrected chi connectivity index (χ2v) is 3.79. The van der Waals surface area contributed by atoms with Crippen LogP contribution in [0.5, 0.6) is 17.2 Å². The minimum Gasteiger partial charge on any atom is -0.507 e. The molecule has 0 saturated heterocycles. The highest BCUT2D eigenvalue weighted by Gasteiger charge is 2.26. The van der Waals surface area contributed by atoms with Gasteiger partial charge < -0.3 is 19.5 Å². The zero-order valence-electron chi connectivity index (χ0n) is 9.39. The zero-order chi connectivity index (χ0) is 12.6. The van der Waals surface area contributed by atoms with E-state index < -0.39 is 6.09 Å². The second-order valence-electron chi connectivity index (χ2n) is 3.79. The summed E-state index contributed by atoms with van der Waals surface area (Å²) in [5, 5.41) is 9.63. The molecule has 1 amide bonds. The number of ketones is 1. The van der Waals surface area contributed by atoms with E-state index in [4.69, 9.17) is 9.47 Å². The number of carbonyl (C=O) groups excluding carboxylic acids is 2. The molecule has 1 aromatic carbocycles. The first kappa shape index (κ1) is 11.3. The van der Waals surface area contributed by atoms with E-state index in [1.165, 1.54) is 31.1 Å². The first-order valence-corrected chi connectivity index (χ1v) is 4.91. The molecule has 0 bridgehead atoms. The Labute approximate surface area is 97.4 Å². The van der Waals surface area contributed by atoms with Crippen LogP contribution in [0.3, 0.4) is 0 Å². The number of amides is 1. The summed E-state index contributed by atoms with van der Waals surface area (Å²) in [6, 6.07) is 2.62. The van der Waals surface area contributed by atoms with Gasteiger partial charge in [-0.1, -0.05) is 0 Å². The lowest BCUT2D eigenvalue weighted by Gasteiger charge is -2.11. The molecule has 2 rings (SSSR count). The van der Waals surface area contributed by atoms with Gasteiger partial charge in [0.05, 0.1) is 0 Å². The number of phenols is 1. The topological polar surface area (TPSA) is 76.1 Å². The number of phenolic OH excluding ortho intramolecular Hbond substituents is 1. The van der Waals surface area contributed by atoms with Crippen molar-refractivity contribution in [1.29, 1.82) is 0 Å². The van der Waals surface area contributed by atoms with Gasteiger partial charge in [0.2, 0.25) is 5.78 Å². The molecule has 1 heterocycles.